The van der Waals surface area contributed by atoms with Crippen LogP contribution >= 0.6 is 0 Å². The van der Waals surface area contributed by atoms with Gasteiger partial charge in [-0.25, -0.2) is 4.39 Å². The van der Waals surface area contributed by atoms with Crippen LogP contribution in [0.1, 0.15) is 36.8 Å². The Bertz CT molecular complexity index is 1150. The van der Waals surface area contributed by atoms with Crippen molar-refractivity contribution in [3.05, 3.63) is 89.1 Å². The zero-order chi connectivity index (χ0) is 22.7. The monoisotopic (exact) mass is 435 g/mol. The average Bonchev–Trinajstić information content (AvgIpc) is 3.35. The lowest BCUT2D eigenvalue weighted by molar-refractivity contribution is 0.0535. The molecular formula is C24H22FN3O4. The average molecular weight is 435 g/mol. The first-order valence-electron chi connectivity index (χ1n) is 10.2. The quantitative estimate of drug-likeness (QED) is 0.679. The fourth-order valence-electron chi connectivity index (χ4n) is 3.53. The molecule has 0 aliphatic carbocycles. The molecule has 32 heavy (non-hydrogen) atoms. The summed E-state index contributed by atoms with van der Waals surface area (Å²) in [6.07, 6.45) is 1.41. The molecule has 7 nitrogen and oxygen atoms in total. The van der Waals surface area contributed by atoms with E-state index in [1.165, 1.54) is 12.3 Å². The van der Waals surface area contributed by atoms with Crippen molar-refractivity contribution < 1.29 is 23.2 Å². The largest absolute Gasteiger partial charge is 0.459 e. The summed E-state index contributed by atoms with van der Waals surface area (Å²) in [6.45, 7) is 3.08. The predicted molar refractivity (Wildman–Crippen MR) is 116 cm³/mol. The van der Waals surface area contributed by atoms with Crippen LogP contribution in [0.25, 0.3) is 0 Å². The zero-order valence-electron chi connectivity index (χ0n) is 17.5. The Kier molecular flexibility index (Phi) is 6.02. The Morgan fingerprint density at radius 2 is 1.53 bits per heavy atom. The summed E-state index contributed by atoms with van der Waals surface area (Å²) >= 11 is 0. The van der Waals surface area contributed by atoms with Crippen molar-refractivity contribution in [3.63, 3.8) is 0 Å². The highest BCUT2D eigenvalue weighted by Gasteiger charge is 2.26. The molecule has 2 aromatic carbocycles. The van der Waals surface area contributed by atoms with Gasteiger partial charge in [0, 0.05) is 43.0 Å². The summed E-state index contributed by atoms with van der Waals surface area (Å²) in [6, 6.07) is 14.3. The molecule has 0 spiro atoms. The molecule has 1 aliphatic rings. The maximum atomic E-state index is 13.8. The van der Waals surface area contributed by atoms with E-state index in [2.05, 4.69) is 5.32 Å². The number of piperazine rings is 1. The second-order valence-corrected chi connectivity index (χ2v) is 7.56. The number of carbonyl (C=O) groups is 3. The number of rotatable bonds is 4. The van der Waals surface area contributed by atoms with Crippen LogP contribution < -0.4 is 5.32 Å². The molecule has 1 N–H and O–H groups in total. The SMILES string of the molecule is Cc1ccc(C(=O)N2CCN(C(=O)c3cccc(NC(=O)c4ccco4)c3)CC2)cc1F. The molecule has 1 aliphatic heterocycles. The Labute approximate surface area is 184 Å². The van der Waals surface area contributed by atoms with Gasteiger partial charge in [0.25, 0.3) is 17.7 Å². The number of nitrogens with one attached hydrogen (secondary N) is 1. The Morgan fingerprint density at radius 3 is 2.12 bits per heavy atom. The molecule has 164 valence electrons. The Morgan fingerprint density at radius 1 is 0.875 bits per heavy atom. The van der Waals surface area contributed by atoms with Crippen LogP contribution in [0.5, 0.6) is 0 Å². The van der Waals surface area contributed by atoms with Crippen LogP contribution in [0, 0.1) is 12.7 Å². The van der Waals surface area contributed by atoms with Crippen molar-refractivity contribution >= 4 is 23.4 Å². The summed E-state index contributed by atoms with van der Waals surface area (Å²) in [5, 5.41) is 2.70. The number of furan rings is 1. The summed E-state index contributed by atoms with van der Waals surface area (Å²) in [5.41, 5.74) is 1.70. The van der Waals surface area contributed by atoms with E-state index in [9.17, 15) is 18.8 Å². The lowest BCUT2D eigenvalue weighted by atomic mass is 10.1. The van der Waals surface area contributed by atoms with E-state index in [1.54, 1.807) is 65.3 Å². The number of carbonyl (C=O) groups excluding carboxylic acids is 3. The van der Waals surface area contributed by atoms with E-state index < -0.39 is 11.7 Å². The van der Waals surface area contributed by atoms with Crippen molar-refractivity contribution in [2.75, 3.05) is 31.5 Å². The number of nitrogens with zero attached hydrogens (tertiary/aromatic N) is 2. The number of aryl methyl sites for hydroxylation is 1. The second kappa shape index (κ2) is 9.05. The van der Waals surface area contributed by atoms with Gasteiger partial charge in [0.1, 0.15) is 5.82 Å². The zero-order valence-corrected chi connectivity index (χ0v) is 17.5. The first kappa shape index (κ1) is 21.3. The van der Waals surface area contributed by atoms with Crippen LogP contribution in [0.2, 0.25) is 0 Å². The number of benzene rings is 2. The van der Waals surface area contributed by atoms with E-state index in [4.69, 9.17) is 4.42 Å². The Hall–Kier alpha value is -3.94. The van der Waals surface area contributed by atoms with Gasteiger partial charge >= 0.3 is 0 Å². The molecule has 0 bridgehead atoms. The summed E-state index contributed by atoms with van der Waals surface area (Å²) in [7, 11) is 0. The van der Waals surface area contributed by atoms with Crippen LogP contribution in [0.4, 0.5) is 10.1 Å². The first-order chi connectivity index (χ1) is 15.4. The molecule has 0 radical (unpaired) electrons. The maximum Gasteiger partial charge on any atom is 0.291 e. The van der Waals surface area contributed by atoms with Crippen LogP contribution in [0.3, 0.4) is 0 Å². The van der Waals surface area contributed by atoms with Crippen molar-refractivity contribution in [3.8, 4) is 0 Å². The van der Waals surface area contributed by atoms with E-state index >= 15 is 0 Å². The highest BCUT2D eigenvalue weighted by atomic mass is 19.1. The lowest BCUT2D eigenvalue weighted by Crippen LogP contribution is -2.50. The van der Waals surface area contributed by atoms with Gasteiger partial charge in [0.05, 0.1) is 6.26 Å². The van der Waals surface area contributed by atoms with Crippen molar-refractivity contribution in [2.24, 2.45) is 0 Å². The fourth-order valence-corrected chi connectivity index (χ4v) is 3.53. The third-order valence-electron chi connectivity index (χ3n) is 5.39. The van der Waals surface area contributed by atoms with E-state index in [0.717, 1.165) is 0 Å². The smallest absolute Gasteiger partial charge is 0.291 e. The number of hydrogen-bond donors (Lipinski definition) is 1. The topological polar surface area (TPSA) is 82.9 Å². The molecule has 0 saturated carbocycles. The third-order valence-corrected chi connectivity index (χ3v) is 5.39. The molecule has 1 saturated heterocycles. The molecule has 2 heterocycles. The standard InChI is InChI=1S/C24H22FN3O4/c1-16-7-8-18(15-20(16)25)24(31)28-11-9-27(10-12-28)23(30)17-4-2-5-19(14-17)26-22(29)21-6-3-13-32-21/h2-8,13-15H,9-12H2,1H3,(H,26,29). The fraction of sp³-hybridized carbons (Fsp3) is 0.208. The summed E-state index contributed by atoms with van der Waals surface area (Å²) in [5.74, 6) is -1.08. The van der Waals surface area contributed by atoms with Gasteiger partial charge < -0.3 is 19.5 Å². The molecule has 4 rings (SSSR count). The molecule has 8 heteroatoms. The lowest BCUT2D eigenvalue weighted by Gasteiger charge is -2.35. The second-order valence-electron chi connectivity index (χ2n) is 7.56. The van der Waals surface area contributed by atoms with Gasteiger partial charge in [-0.15, -0.1) is 0 Å². The minimum Gasteiger partial charge on any atom is -0.459 e. The third kappa shape index (κ3) is 4.54. The van der Waals surface area contributed by atoms with Crippen LogP contribution in [-0.2, 0) is 0 Å². The maximum absolute atomic E-state index is 13.8. The van der Waals surface area contributed by atoms with Gasteiger partial charge in [-0.05, 0) is 55.0 Å². The first-order valence-corrected chi connectivity index (χ1v) is 10.2. The molecule has 1 aromatic heterocycles. The highest BCUT2D eigenvalue weighted by molar-refractivity contribution is 6.03. The number of halogens is 1. The minimum atomic E-state index is -0.413. The molecule has 0 unspecified atom stereocenters. The number of amides is 3. The van der Waals surface area contributed by atoms with Crippen molar-refractivity contribution in [1.82, 2.24) is 9.80 Å². The number of hydrogen-bond acceptors (Lipinski definition) is 4. The van der Waals surface area contributed by atoms with Crippen LogP contribution in [-0.4, -0.2) is 53.7 Å². The van der Waals surface area contributed by atoms with Gasteiger partial charge in [-0.2, -0.15) is 0 Å². The molecular weight excluding hydrogens is 413 g/mol. The Balaban J connectivity index is 1.37. The normalized spacial score (nSPS) is 13.7. The molecule has 1 fully saturated rings. The van der Waals surface area contributed by atoms with E-state index in [0.29, 0.717) is 48.6 Å². The van der Waals surface area contributed by atoms with Crippen molar-refractivity contribution in [2.45, 2.75) is 6.92 Å². The molecule has 0 atom stereocenters. The minimum absolute atomic E-state index is 0.177. The van der Waals surface area contributed by atoms with E-state index in [1.807, 2.05) is 0 Å². The molecule has 3 amide bonds. The van der Waals surface area contributed by atoms with Crippen molar-refractivity contribution in [1.29, 1.82) is 0 Å². The van der Waals surface area contributed by atoms with Gasteiger partial charge in [0.15, 0.2) is 5.76 Å². The molecule has 3 aromatic rings. The van der Waals surface area contributed by atoms with Gasteiger partial charge in [0.2, 0.25) is 0 Å². The van der Waals surface area contributed by atoms with Gasteiger partial charge in [-0.3, -0.25) is 14.4 Å². The highest BCUT2D eigenvalue weighted by Crippen LogP contribution is 2.17. The summed E-state index contributed by atoms with van der Waals surface area (Å²) < 4.78 is 18.9. The van der Waals surface area contributed by atoms with Gasteiger partial charge in [-0.1, -0.05) is 12.1 Å². The van der Waals surface area contributed by atoms with E-state index in [-0.39, 0.29) is 17.6 Å². The van der Waals surface area contributed by atoms with Crippen LogP contribution in [0.15, 0.2) is 65.3 Å². The summed E-state index contributed by atoms with van der Waals surface area (Å²) in [4.78, 5) is 41.0. The predicted octanol–water partition coefficient (Wildman–Crippen LogP) is 3.58. The number of anilines is 1.